The van der Waals surface area contributed by atoms with Gasteiger partial charge in [0.2, 0.25) is 0 Å². The third-order valence-corrected chi connectivity index (χ3v) is 8.48. The Morgan fingerprint density at radius 1 is 0.694 bits per heavy atom. The average Bonchev–Trinajstić information content (AvgIpc) is 3.29. The van der Waals surface area contributed by atoms with Crippen molar-refractivity contribution in [3.05, 3.63) is 9.81 Å². The third kappa shape index (κ3) is 9.42. The molecule has 2 aliphatic rings. The summed E-state index contributed by atoms with van der Waals surface area (Å²) in [6.45, 7) is 5.54. The van der Waals surface area contributed by atoms with E-state index in [1.807, 2.05) is 0 Å². The van der Waals surface area contributed by atoms with Gasteiger partial charge in [-0.1, -0.05) is 87.5 Å². The van der Waals surface area contributed by atoms with Crippen LogP contribution in [0.4, 0.5) is 0 Å². The Balaban J connectivity index is 1.83. The Morgan fingerprint density at radius 2 is 1.08 bits per heavy atom. The van der Waals surface area contributed by atoms with Gasteiger partial charge < -0.3 is 9.47 Å². The van der Waals surface area contributed by atoms with E-state index in [1.165, 1.54) is 9.80 Å². The number of hydrogen-bond donors (Lipinski definition) is 0. The standard InChI is InChI=1S/C24H34N2O6S4/c1-3-5-7-15-31-17(27)11-9-13-25-21(29)19(35-23(25)33)20-22(30)26(24(34)36-20)14-10-12-18(28)32-16-8-6-4-2/h3-16H2,1-2H3/b20-19+. The molecule has 0 radical (unpaired) electrons. The van der Waals surface area contributed by atoms with Crippen LogP contribution in [0, 0.1) is 0 Å². The molecule has 0 atom stereocenters. The second-order valence-electron chi connectivity index (χ2n) is 8.37. The highest BCUT2D eigenvalue weighted by molar-refractivity contribution is 8.29. The Labute approximate surface area is 232 Å². The Kier molecular flexibility index (Phi) is 14.0. The first-order valence-corrected chi connectivity index (χ1v) is 14.9. The minimum absolute atomic E-state index is 0.196. The van der Waals surface area contributed by atoms with Gasteiger partial charge >= 0.3 is 11.9 Å². The number of amides is 2. The fourth-order valence-electron chi connectivity index (χ4n) is 3.44. The van der Waals surface area contributed by atoms with Crippen LogP contribution in [0.2, 0.25) is 0 Å². The molecule has 2 fully saturated rings. The van der Waals surface area contributed by atoms with E-state index in [-0.39, 0.29) is 59.5 Å². The van der Waals surface area contributed by atoms with E-state index in [0.717, 1.165) is 62.0 Å². The number of hydrogen-bond acceptors (Lipinski definition) is 10. The number of carbonyl (C=O) groups excluding carboxylic acids is 4. The Morgan fingerprint density at radius 3 is 1.44 bits per heavy atom. The molecular weight excluding hydrogens is 541 g/mol. The van der Waals surface area contributed by atoms with Crippen molar-refractivity contribution in [1.82, 2.24) is 9.80 Å². The summed E-state index contributed by atoms with van der Waals surface area (Å²) in [4.78, 5) is 53.1. The Hall–Kier alpha value is -1.50. The first-order valence-electron chi connectivity index (χ1n) is 12.4. The number of rotatable bonds is 16. The van der Waals surface area contributed by atoms with Gasteiger partial charge in [0.25, 0.3) is 11.8 Å². The Bertz CT molecular complexity index is 822. The zero-order valence-electron chi connectivity index (χ0n) is 20.9. The molecular formula is C24H34N2O6S4. The predicted octanol–water partition coefficient (Wildman–Crippen LogP) is 4.95. The molecule has 0 spiro atoms. The molecule has 2 amide bonds. The van der Waals surface area contributed by atoms with Gasteiger partial charge in [-0.15, -0.1) is 0 Å². The molecule has 0 bridgehead atoms. The predicted molar refractivity (Wildman–Crippen MR) is 150 cm³/mol. The van der Waals surface area contributed by atoms with E-state index in [1.54, 1.807) is 0 Å². The normalized spacial score (nSPS) is 17.9. The molecule has 12 heteroatoms. The number of nitrogens with zero attached hydrogens (tertiary/aromatic N) is 2. The van der Waals surface area contributed by atoms with Crippen molar-refractivity contribution >= 4 is 80.4 Å². The fourth-order valence-corrected chi connectivity index (χ4v) is 6.21. The molecule has 0 unspecified atom stereocenters. The van der Waals surface area contributed by atoms with Crippen molar-refractivity contribution in [3.63, 3.8) is 0 Å². The molecule has 2 heterocycles. The van der Waals surface area contributed by atoms with Crippen molar-refractivity contribution < 1.29 is 28.7 Å². The van der Waals surface area contributed by atoms with Crippen molar-refractivity contribution in [3.8, 4) is 0 Å². The van der Waals surface area contributed by atoms with Crippen LogP contribution in [0.5, 0.6) is 0 Å². The van der Waals surface area contributed by atoms with Crippen LogP contribution in [0.1, 0.15) is 78.1 Å². The number of thioether (sulfide) groups is 2. The molecule has 0 aromatic heterocycles. The lowest BCUT2D eigenvalue weighted by atomic mass is 10.2. The summed E-state index contributed by atoms with van der Waals surface area (Å²) in [5, 5.41) is 0. The zero-order chi connectivity index (χ0) is 26.5. The van der Waals surface area contributed by atoms with Crippen molar-refractivity contribution in [1.29, 1.82) is 0 Å². The summed E-state index contributed by atoms with van der Waals surface area (Å²) >= 11 is 12.9. The van der Waals surface area contributed by atoms with E-state index >= 15 is 0 Å². The third-order valence-electron chi connectivity index (χ3n) is 5.45. The SMILES string of the molecule is CCCCCOC(=O)CCCN1C(=O)/C(=C2\SC(=S)N(CCCC(=O)OCCCCC)C2=O)SC1=S. The summed E-state index contributed by atoms with van der Waals surface area (Å²) in [6.07, 6.45) is 7.06. The van der Waals surface area contributed by atoms with E-state index in [9.17, 15) is 19.2 Å². The van der Waals surface area contributed by atoms with Crippen molar-refractivity contribution in [2.45, 2.75) is 78.1 Å². The highest BCUT2D eigenvalue weighted by atomic mass is 32.2. The van der Waals surface area contributed by atoms with Gasteiger partial charge in [-0.2, -0.15) is 0 Å². The number of carbonyl (C=O) groups is 4. The molecule has 0 aromatic carbocycles. The number of thiocarbonyl (C=S) groups is 2. The van der Waals surface area contributed by atoms with Crippen LogP contribution in [-0.4, -0.2) is 68.5 Å². The number of unbranched alkanes of at least 4 members (excludes halogenated alkanes) is 4. The maximum absolute atomic E-state index is 13.0. The zero-order valence-corrected chi connectivity index (χ0v) is 24.1. The second-order valence-corrected chi connectivity index (χ2v) is 11.7. The van der Waals surface area contributed by atoms with E-state index < -0.39 is 0 Å². The largest absolute Gasteiger partial charge is 0.466 e. The lowest BCUT2D eigenvalue weighted by molar-refractivity contribution is -0.144. The minimum Gasteiger partial charge on any atom is -0.466 e. The van der Waals surface area contributed by atoms with Gasteiger partial charge in [0, 0.05) is 25.9 Å². The summed E-state index contributed by atoms with van der Waals surface area (Å²) in [5.74, 6) is -1.28. The molecule has 8 nitrogen and oxygen atoms in total. The highest BCUT2D eigenvalue weighted by Gasteiger charge is 2.41. The van der Waals surface area contributed by atoms with Crippen LogP contribution in [0.25, 0.3) is 0 Å². The smallest absolute Gasteiger partial charge is 0.305 e. The molecule has 0 aliphatic carbocycles. The number of esters is 2. The summed E-state index contributed by atoms with van der Waals surface area (Å²) in [7, 11) is 0. The second kappa shape index (κ2) is 16.4. The topological polar surface area (TPSA) is 93.2 Å². The van der Waals surface area contributed by atoms with Crippen molar-refractivity contribution in [2.75, 3.05) is 26.3 Å². The first-order chi connectivity index (χ1) is 17.3. The van der Waals surface area contributed by atoms with Gasteiger partial charge in [0.15, 0.2) is 0 Å². The van der Waals surface area contributed by atoms with Crippen LogP contribution in [-0.2, 0) is 28.7 Å². The van der Waals surface area contributed by atoms with Gasteiger partial charge in [0.1, 0.15) is 8.64 Å². The molecule has 0 saturated carbocycles. The summed E-state index contributed by atoms with van der Waals surface area (Å²) in [5.41, 5.74) is 0. The molecule has 0 aromatic rings. The lowest BCUT2D eigenvalue weighted by Gasteiger charge is -2.14. The van der Waals surface area contributed by atoms with Crippen LogP contribution in [0.15, 0.2) is 9.81 Å². The van der Waals surface area contributed by atoms with Crippen LogP contribution < -0.4 is 0 Å². The maximum atomic E-state index is 13.0. The van der Waals surface area contributed by atoms with Gasteiger partial charge in [0.05, 0.1) is 23.0 Å². The van der Waals surface area contributed by atoms with E-state index in [2.05, 4.69) is 13.8 Å². The van der Waals surface area contributed by atoms with Crippen LogP contribution >= 0.6 is 48.0 Å². The molecule has 2 saturated heterocycles. The summed E-state index contributed by atoms with van der Waals surface area (Å²) in [6, 6.07) is 0. The maximum Gasteiger partial charge on any atom is 0.305 e. The van der Waals surface area contributed by atoms with E-state index in [0.29, 0.717) is 34.7 Å². The molecule has 36 heavy (non-hydrogen) atoms. The first kappa shape index (κ1) is 30.7. The average molecular weight is 575 g/mol. The molecule has 200 valence electrons. The van der Waals surface area contributed by atoms with Crippen LogP contribution in [0.3, 0.4) is 0 Å². The molecule has 2 rings (SSSR count). The number of ether oxygens (including phenoxy) is 2. The fraction of sp³-hybridized carbons (Fsp3) is 0.667. The molecule has 0 N–H and O–H groups in total. The van der Waals surface area contributed by atoms with Gasteiger partial charge in [-0.25, -0.2) is 0 Å². The monoisotopic (exact) mass is 574 g/mol. The van der Waals surface area contributed by atoms with Crippen molar-refractivity contribution in [2.24, 2.45) is 0 Å². The molecule has 2 aliphatic heterocycles. The van der Waals surface area contributed by atoms with Gasteiger partial charge in [-0.3, -0.25) is 29.0 Å². The van der Waals surface area contributed by atoms with Gasteiger partial charge in [-0.05, 0) is 25.7 Å². The lowest BCUT2D eigenvalue weighted by Crippen LogP contribution is -2.31. The minimum atomic E-state index is -0.350. The quantitative estimate of drug-likeness (QED) is 0.109. The highest BCUT2D eigenvalue weighted by Crippen LogP contribution is 2.42. The summed E-state index contributed by atoms with van der Waals surface area (Å²) < 4.78 is 11.1. The van der Waals surface area contributed by atoms with E-state index in [4.69, 9.17) is 33.9 Å².